The normalized spacial score (nSPS) is 16.8. The number of benzene rings is 1. The van der Waals surface area contributed by atoms with Gasteiger partial charge in [-0.2, -0.15) is 0 Å². The SMILES string of the molecule is B1OOc2cc3cc(c21)C3. The Morgan fingerprint density at radius 1 is 1.40 bits per heavy atom. The Labute approximate surface area is 59.0 Å². The van der Waals surface area contributed by atoms with E-state index in [1.54, 1.807) is 0 Å². The number of hydrogen-bond donors (Lipinski definition) is 0. The molecule has 3 aliphatic rings. The van der Waals surface area contributed by atoms with Gasteiger partial charge < -0.3 is 4.89 Å². The molecule has 48 valence electrons. The van der Waals surface area contributed by atoms with Gasteiger partial charge in [0.05, 0.1) is 0 Å². The Hall–Kier alpha value is -0.955. The monoisotopic (exact) mass is 132 g/mol. The van der Waals surface area contributed by atoms with E-state index < -0.39 is 0 Å². The van der Waals surface area contributed by atoms with Gasteiger partial charge in [0.1, 0.15) is 0 Å². The van der Waals surface area contributed by atoms with Crippen LogP contribution in [0.4, 0.5) is 0 Å². The summed E-state index contributed by atoms with van der Waals surface area (Å²) in [5, 5.41) is 0. The van der Waals surface area contributed by atoms with Crippen LogP contribution < -0.4 is 10.4 Å². The lowest BCUT2D eigenvalue weighted by atomic mass is 9.76. The molecule has 4 rings (SSSR count). The minimum Gasteiger partial charge on any atom is -0.354 e. The molecule has 2 aliphatic carbocycles. The van der Waals surface area contributed by atoms with Crippen LogP contribution in [-0.2, 0) is 11.2 Å². The molecule has 0 fully saturated rings. The second-order valence-corrected chi connectivity index (χ2v) is 2.75. The molecule has 1 aliphatic heterocycles. The van der Waals surface area contributed by atoms with Crippen molar-refractivity contribution in [3.63, 3.8) is 0 Å². The summed E-state index contributed by atoms with van der Waals surface area (Å²) in [5.41, 5.74) is 4.00. The molecule has 1 aromatic rings. The molecular weight excluding hydrogens is 127 g/mol. The molecule has 3 heteroatoms. The van der Waals surface area contributed by atoms with E-state index in [-0.39, 0.29) is 0 Å². The molecule has 0 atom stereocenters. The molecular formula is C7H5BO2. The molecule has 0 radical (unpaired) electrons. The summed E-state index contributed by atoms with van der Waals surface area (Å²) < 4.78 is 0. The smallest absolute Gasteiger partial charge is 0.354 e. The lowest BCUT2D eigenvalue weighted by Crippen LogP contribution is -2.21. The van der Waals surface area contributed by atoms with Gasteiger partial charge in [-0.15, -0.1) is 0 Å². The first kappa shape index (κ1) is 4.80. The molecule has 2 bridgehead atoms. The average Bonchev–Trinajstić information content (AvgIpc) is 2.29. The maximum absolute atomic E-state index is 4.92. The molecule has 0 spiro atoms. The van der Waals surface area contributed by atoms with E-state index in [4.69, 9.17) is 9.69 Å². The molecule has 1 heterocycles. The van der Waals surface area contributed by atoms with Gasteiger partial charge in [-0.25, -0.2) is 0 Å². The molecule has 10 heavy (non-hydrogen) atoms. The van der Waals surface area contributed by atoms with Crippen LogP contribution in [0.2, 0.25) is 0 Å². The summed E-state index contributed by atoms with van der Waals surface area (Å²) in [5.74, 6) is 0.929. The zero-order valence-corrected chi connectivity index (χ0v) is 5.39. The first-order valence-electron chi connectivity index (χ1n) is 3.37. The maximum atomic E-state index is 4.92. The van der Waals surface area contributed by atoms with Crippen LogP contribution in [0, 0.1) is 0 Å². The van der Waals surface area contributed by atoms with E-state index in [2.05, 4.69) is 12.1 Å². The van der Waals surface area contributed by atoms with Crippen molar-refractivity contribution in [2.45, 2.75) is 6.42 Å². The van der Waals surface area contributed by atoms with Gasteiger partial charge >= 0.3 is 7.48 Å². The second-order valence-electron chi connectivity index (χ2n) is 2.75. The largest absolute Gasteiger partial charge is 0.376 e. The number of hydrogen-bond acceptors (Lipinski definition) is 2. The van der Waals surface area contributed by atoms with Crippen molar-refractivity contribution >= 4 is 12.9 Å². The second kappa shape index (κ2) is 1.37. The molecule has 0 aromatic heterocycles. The molecule has 0 amide bonds. The quantitative estimate of drug-likeness (QED) is 0.367. The van der Waals surface area contributed by atoms with Crippen molar-refractivity contribution in [2.24, 2.45) is 0 Å². The topological polar surface area (TPSA) is 18.5 Å². The van der Waals surface area contributed by atoms with Crippen molar-refractivity contribution < 1.29 is 9.69 Å². The van der Waals surface area contributed by atoms with Crippen LogP contribution >= 0.6 is 0 Å². The fourth-order valence-electron chi connectivity index (χ4n) is 1.50. The van der Waals surface area contributed by atoms with Gasteiger partial charge in [0.25, 0.3) is 0 Å². The summed E-state index contributed by atoms with van der Waals surface area (Å²) in [6.07, 6.45) is 1.12. The Balaban J connectivity index is 2.34. The number of rotatable bonds is 0. The molecule has 0 unspecified atom stereocenters. The van der Waals surface area contributed by atoms with Gasteiger partial charge in [0, 0.05) is 5.46 Å². The Kier molecular flexibility index (Phi) is 0.659. The van der Waals surface area contributed by atoms with Gasteiger partial charge in [-0.3, -0.25) is 4.81 Å². The molecule has 0 saturated heterocycles. The standard InChI is InChI=1S/C7H5BO2/c1-4-2-5(1)7-6(3-4)9-10-8-7/h1,3,8H,2H2. The van der Waals surface area contributed by atoms with Crippen molar-refractivity contribution in [3.8, 4) is 5.75 Å². The van der Waals surface area contributed by atoms with Crippen LogP contribution in [0.25, 0.3) is 0 Å². The zero-order chi connectivity index (χ0) is 6.55. The first-order chi connectivity index (χ1) is 4.93. The van der Waals surface area contributed by atoms with Crippen molar-refractivity contribution in [1.82, 2.24) is 0 Å². The third-order valence-corrected chi connectivity index (χ3v) is 2.11. The van der Waals surface area contributed by atoms with Crippen molar-refractivity contribution in [2.75, 3.05) is 0 Å². The average molecular weight is 132 g/mol. The Morgan fingerprint density at radius 3 is 3.10 bits per heavy atom. The van der Waals surface area contributed by atoms with Gasteiger partial charge in [-0.05, 0) is 23.6 Å². The minimum absolute atomic E-state index is 0.630. The van der Waals surface area contributed by atoms with Gasteiger partial charge in [0.2, 0.25) is 0 Å². The summed E-state index contributed by atoms with van der Waals surface area (Å²) in [7, 11) is 0.630. The minimum atomic E-state index is 0.630. The van der Waals surface area contributed by atoms with E-state index in [0.29, 0.717) is 7.48 Å². The first-order valence-corrected chi connectivity index (χ1v) is 3.37. The Morgan fingerprint density at radius 2 is 2.30 bits per heavy atom. The van der Waals surface area contributed by atoms with E-state index in [9.17, 15) is 0 Å². The molecule has 0 saturated carbocycles. The van der Waals surface area contributed by atoms with Gasteiger partial charge in [-0.1, -0.05) is 6.07 Å². The molecule has 2 nitrogen and oxygen atoms in total. The van der Waals surface area contributed by atoms with Crippen LogP contribution in [-0.4, -0.2) is 7.48 Å². The predicted octanol–water partition coefficient (Wildman–Crippen LogP) is -0.108. The fourth-order valence-corrected chi connectivity index (χ4v) is 1.50. The lowest BCUT2D eigenvalue weighted by molar-refractivity contribution is -0.0861. The van der Waals surface area contributed by atoms with Crippen LogP contribution in [0.15, 0.2) is 12.1 Å². The molecule has 1 aromatic carbocycles. The lowest BCUT2D eigenvalue weighted by Gasteiger charge is -2.16. The predicted molar refractivity (Wildman–Crippen MR) is 37.7 cm³/mol. The highest BCUT2D eigenvalue weighted by atomic mass is 17.2. The molecule has 0 N–H and O–H groups in total. The summed E-state index contributed by atoms with van der Waals surface area (Å²) in [4.78, 5) is 9.75. The van der Waals surface area contributed by atoms with E-state index in [1.807, 2.05) is 0 Å². The van der Waals surface area contributed by atoms with Crippen LogP contribution in [0.3, 0.4) is 0 Å². The highest BCUT2D eigenvalue weighted by Gasteiger charge is 2.25. The van der Waals surface area contributed by atoms with Crippen LogP contribution in [0.5, 0.6) is 5.75 Å². The van der Waals surface area contributed by atoms with Crippen molar-refractivity contribution in [1.29, 1.82) is 0 Å². The van der Waals surface area contributed by atoms with Crippen molar-refractivity contribution in [3.05, 3.63) is 23.3 Å². The van der Waals surface area contributed by atoms with E-state index in [0.717, 1.165) is 12.2 Å². The fraction of sp³-hybridized carbons (Fsp3) is 0.143. The Bertz CT molecular complexity index is 309. The zero-order valence-electron chi connectivity index (χ0n) is 5.39. The highest BCUT2D eigenvalue weighted by molar-refractivity contribution is 6.50. The third kappa shape index (κ3) is 0.410. The van der Waals surface area contributed by atoms with E-state index in [1.165, 1.54) is 16.6 Å². The summed E-state index contributed by atoms with van der Waals surface area (Å²) in [6.45, 7) is 0. The van der Waals surface area contributed by atoms with Gasteiger partial charge in [0.15, 0.2) is 5.75 Å². The summed E-state index contributed by atoms with van der Waals surface area (Å²) in [6, 6.07) is 4.24. The van der Waals surface area contributed by atoms with E-state index >= 15 is 0 Å². The summed E-state index contributed by atoms with van der Waals surface area (Å²) >= 11 is 0. The highest BCUT2D eigenvalue weighted by Crippen LogP contribution is 2.27. The maximum Gasteiger partial charge on any atom is 0.376 e. The third-order valence-electron chi connectivity index (χ3n) is 2.11. The van der Waals surface area contributed by atoms with Crippen LogP contribution in [0.1, 0.15) is 11.1 Å².